The minimum absolute atomic E-state index is 0.168. The predicted octanol–water partition coefficient (Wildman–Crippen LogP) is 3.09. The number of hydrogen-bond acceptors (Lipinski definition) is 2. The van der Waals surface area contributed by atoms with Crippen molar-refractivity contribution < 1.29 is 4.79 Å². The van der Waals surface area contributed by atoms with E-state index in [1.54, 1.807) is 12.1 Å². The van der Waals surface area contributed by atoms with Gasteiger partial charge in [-0.15, -0.1) is 0 Å². The van der Waals surface area contributed by atoms with Crippen LogP contribution in [-0.4, -0.2) is 16.9 Å². The summed E-state index contributed by atoms with van der Waals surface area (Å²) >= 11 is 0. The van der Waals surface area contributed by atoms with E-state index in [2.05, 4.69) is 10.3 Å². The summed E-state index contributed by atoms with van der Waals surface area (Å²) in [6.07, 6.45) is 2.00. The Bertz CT molecular complexity index is 955. The van der Waals surface area contributed by atoms with E-state index in [1.807, 2.05) is 42.5 Å². The summed E-state index contributed by atoms with van der Waals surface area (Å²) in [4.78, 5) is 27.0. The number of benzene rings is 2. The molecule has 1 aliphatic rings. The molecular weight excluding hydrogens is 288 g/mol. The summed E-state index contributed by atoms with van der Waals surface area (Å²) < 4.78 is 0. The van der Waals surface area contributed by atoms with Gasteiger partial charge >= 0.3 is 0 Å². The summed E-state index contributed by atoms with van der Waals surface area (Å²) in [5.41, 5.74) is 1.45. The topological polar surface area (TPSA) is 62.0 Å². The molecule has 0 atom stereocenters. The van der Waals surface area contributed by atoms with E-state index in [4.69, 9.17) is 0 Å². The first-order chi connectivity index (χ1) is 11.2. The Hall–Kier alpha value is -2.88. The molecule has 1 amide bonds. The third kappa shape index (κ3) is 2.75. The number of hydrogen-bond donors (Lipinski definition) is 2. The number of nitrogens with one attached hydrogen (secondary N) is 2. The highest BCUT2D eigenvalue weighted by molar-refractivity contribution is 5.94. The molecule has 114 valence electrons. The second-order valence-corrected chi connectivity index (χ2v) is 5.92. The first-order valence-electron chi connectivity index (χ1n) is 7.74. The smallest absolute Gasteiger partial charge is 0.261 e. The average molecular weight is 304 g/mol. The highest BCUT2D eigenvalue weighted by atomic mass is 16.2. The van der Waals surface area contributed by atoms with Gasteiger partial charge in [-0.05, 0) is 47.4 Å². The van der Waals surface area contributed by atoms with E-state index in [1.165, 1.54) is 0 Å². The molecule has 1 fully saturated rings. The van der Waals surface area contributed by atoms with Gasteiger partial charge in [-0.25, -0.2) is 0 Å². The molecule has 0 bridgehead atoms. The van der Waals surface area contributed by atoms with Gasteiger partial charge in [-0.2, -0.15) is 0 Å². The number of pyridine rings is 1. The Morgan fingerprint density at radius 2 is 1.78 bits per heavy atom. The summed E-state index contributed by atoms with van der Waals surface area (Å²) in [6.45, 7) is 0. The lowest BCUT2D eigenvalue weighted by atomic mass is 10.0. The number of H-pyrrole nitrogens is 1. The lowest BCUT2D eigenvalue weighted by Crippen LogP contribution is -2.31. The van der Waals surface area contributed by atoms with Crippen LogP contribution in [-0.2, 0) is 0 Å². The van der Waals surface area contributed by atoms with E-state index >= 15 is 0 Å². The third-order valence-corrected chi connectivity index (χ3v) is 4.13. The Labute approximate surface area is 133 Å². The zero-order chi connectivity index (χ0) is 15.8. The van der Waals surface area contributed by atoms with Crippen molar-refractivity contribution in [2.24, 2.45) is 0 Å². The fourth-order valence-electron chi connectivity index (χ4n) is 2.67. The van der Waals surface area contributed by atoms with Crippen molar-refractivity contribution in [1.82, 2.24) is 10.3 Å². The van der Waals surface area contributed by atoms with Gasteiger partial charge in [0.2, 0.25) is 0 Å². The Morgan fingerprint density at radius 3 is 2.52 bits per heavy atom. The molecule has 0 radical (unpaired) electrons. The van der Waals surface area contributed by atoms with E-state index in [-0.39, 0.29) is 23.1 Å². The number of aromatic nitrogens is 1. The molecule has 1 aromatic heterocycles. The van der Waals surface area contributed by atoms with Gasteiger partial charge in [0.1, 0.15) is 5.56 Å². The minimum atomic E-state index is -0.353. The van der Waals surface area contributed by atoms with E-state index < -0.39 is 0 Å². The fraction of sp³-hybridized carbons (Fsp3) is 0.158. The first kappa shape index (κ1) is 13.8. The molecule has 3 aromatic rings. The molecular formula is C19H16N2O2. The van der Waals surface area contributed by atoms with Gasteiger partial charge in [-0.1, -0.05) is 36.4 Å². The largest absolute Gasteiger partial charge is 0.349 e. The van der Waals surface area contributed by atoms with Crippen molar-refractivity contribution in [2.45, 2.75) is 18.9 Å². The first-order valence-corrected chi connectivity index (χ1v) is 7.74. The molecule has 2 N–H and O–H groups in total. The summed E-state index contributed by atoms with van der Waals surface area (Å²) in [6, 6.07) is 17.7. The van der Waals surface area contributed by atoms with Crippen LogP contribution >= 0.6 is 0 Å². The summed E-state index contributed by atoms with van der Waals surface area (Å²) in [7, 11) is 0. The van der Waals surface area contributed by atoms with Crippen LogP contribution in [0.4, 0.5) is 0 Å². The Balaban J connectivity index is 1.69. The maximum Gasteiger partial charge on any atom is 0.261 e. The van der Waals surface area contributed by atoms with Crippen LogP contribution in [0.5, 0.6) is 0 Å². The molecule has 0 aliphatic heterocycles. The zero-order valence-corrected chi connectivity index (χ0v) is 12.5. The number of rotatable bonds is 3. The third-order valence-electron chi connectivity index (χ3n) is 4.13. The monoisotopic (exact) mass is 304 g/mol. The van der Waals surface area contributed by atoms with E-state index in [0.717, 1.165) is 29.2 Å². The highest BCUT2D eigenvalue weighted by Gasteiger charge is 2.24. The van der Waals surface area contributed by atoms with E-state index in [0.29, 0.717) is 5.69 Å². The van der Waals surface area contributed by atoms with Gasteiger partial charge in [0.05, 0.1) is 0 Å². The quantitative estimate of drug-likeness (QED) is 0.781. The van der Waals surface area contributed by atoms with Gasteiger partial charge < -0.3 is 10.3 Å². The maximum absolute atomic E-state index is 12.2. The van der Waals surface area contributed by atoms with Crippen LogP contribution in [0.2, 0.25) is 0 Å². The van der Waals surface area contributed by atoms with Crippen molar-refractivity contribution in [3.63, 3.8) is 0 Å². The second kappa shape index (κ2) is 5.39. The van der Waals surface area contributed by atoms with Crippen molar-refractivity contribution in [3.8, 4) is 11.3 Å². The number of carbonyl (C=O) groups excluding carboxylic acids is 1. The summed E-state index contributed by atoms with van der Waals surface area (Å²) in [5.74, 6) is -0.293. The predicted molar refractivity (Wildman–Crippen MR) is 90.5 cm³/mol. The van der Waals surface area contributed by atoms with Crippen molar-refractivity contribution in [1.29, 1.82) is 0 Å². The maximum atomic E-state index is 12.2. The SMILES string of the molecule is O=C(NC1CC1)c1ccc(-c2ccc3ccccc3c2)[nH]c1=O. The molecule has 4 rings (SSSR count). The molecule has 4 heteroatoms. The minimum Gasteiger partial charge on any atom is -0.349 e. The Morgan fingerprint density at radius 1 is 1.00 bits per heavy atom. The van der Waals surface area contributed by atoms with E-state index in [9.17, 15) is 9.59 Å². The fourth-order valence-corrected chi connectivity index (χ4v) is 2.67. The molecule has 23 heavy (non-hydrogen) atoms. The van der Waals surface area contributed by atoms with Crippen LogP contribution in [0.15, 0.2) is 59.4 Å². The van der Waals surface area contributed by atoms with Gasteiger partial charge in [0, 0.05) is 11.7 Å². The van der Waals surface area contributed by atoms with Gasteiger partial charge in [0.15, 0.2) is 0 Å². The van der Waals surface area contributed by atoms with Crippen molar-refractivity contribution in [3.05, 3.63) is 70.5 Å². The molecule has 1 aliphatic carbocycles. The number of fused-ring (bicyclic) bond motifs is 1. The van der Waals surface area contributed by atoms with Crippen molar-refractivity contribution in [2.75, 3.05) is 0 Å². The molecule has 0 spiro atoms. The summed E-state index contributed by atoms with van der Waals surface area (Å²) in [5, 5.41) is 5.10. The normalized spacial score (nSPS) is 13.9. The van der Waals surface area contributed by atoms with Gasteiger partial charge in [0.25, 0.3) is 11.5 Å². The van der Waals surface area contributed by atoms with Crippen LogP contribution in [0.25, 0.3) is 22.0 Å². The Kier molecular flexibility index (Phi) is 3.23. The van der Waals surface area contributed by atoms with Gasteiger partial charge in [-0.3, -0.25) is 9.59 Å². The lowest BCUT2D eigenvalue weighted by Gasteiger charge is -2.06. The standard InChI is InChI=1S/C19H16N2O2/c22-18(20-15-7-8-15)16-9-10-17(21-19(16)23)14-6-5-12-3-1-2-4-13(12)11-14/h1-6,9-11,15H,7-8H2,(H,20,22)(H,21,23). The number of carbonyl (C=O) groups is 1. The number of aromatic amines is 1. The van der Waals surface area contributed by atoms with Crippen LogP contribution in [0.1, 0.15) is 23.2 Å². The molecule has 1 saturated carbocycles. The number of amides is 1. The van der Waals surface area contributed by atoms with Crippen LogP contribution in [0.3, 0.4) is 0 Å². The van der Waals surface area contributed by atoms with Crippen LogP contribution < -0.4 is 10.9 Å². The van der Waals surface area contributed by atoms with Crippen LogP contribution in [0, 0.1) is 0 Å². The second-order valence-electron chi connectivity index (χ2n) is 5.92. The lowest BCUT2D eigenvalue weighted by molar-refractivity contribution is 0.0949. The van der Waals surface area contributed by atoms with Crippen molar-refractivity contribution >= 4 is 16.7 Å². The molecule has 0 saturated heterocycles. The molecule has 2 aromatic carbocycles. The average Bonchev–Trinajstić information content (AvgIpc) is 3.38. The molecule has 4 nitrogen and oxygen atoms in total. The zero-order valence-electron chi connectivity index (χ0n) is 12.5. The molecule has 0 unspecified atom stereocenters. The highest BCUT2D eigenvalue weighted by Crippen LogP contribution is 2.23. The molecule has 1 heterocycles.